The third-order valence-corrected chi connectivity index (χ3v) is 6.64. The van der Waals surface area contributed by atoms with Crippen molar-refractivity contribution in [1.29, 1.82) is 0 Å². The summed E-state index contributed by atoms with van der Waals surface area (Å²) in [5.74, 6) is 0.945. The molecule has 0 aliphatic carbocycles. The third-order valence-electron chi connectivity index (χ3n) is 5.55. The highest BCUT2D eigenvalue weighted by Gasteiger charge is 2.32. The van der Waals surface area contributed by atoms with Gasteiger partial charge in [0.25, 0.3) is 5.91 Å². The normalized spacial score (nSPS) is 16.3. The molecule has 1 aliphatic heterocycles. The van der Waals surface area contributed by atoms with Crippen LogP contribution >= 0.6 is 11.3 Å². The smallest absolute Gasteiger partial charge is 0.264 e. The van der Waals surface area contributed by atoms with E-state index in [-0.39, 0.29) is 11.9 Å². The van der Waals surface area contributed by atoms with Crippen LogP contribution in [0, 0.1) is 0 Å². The molecule has 0 spiro atoms. The Morgan fingerprint density at radius 2 is 1.90 bits per heavy atom. The number of anilines is 1. The van der Waals surface area contributed by atoms with Crippen molar-refractivity contribution in [1.82, 2.24) is 19.4 Å². The summed E-state index contributed by atoms with van der Waals surface area (Å²) in [6.07, 6.45) is 5.60. The van der Waals surface area contributed by atoms with Gasteiger partial charge >= 0.3 is 0 Å². The zero-order chi connectivity index (χ0) is 20.7. The quantitative estimate of drug-likeness (QED) is 0.490. The molecule has 1 amide bonds. The van der Waals surface area contributed by atoms with Crippen LogP contribution in [0.25, 0.3) is 16.0 Å². The number of fused-ring (bicyclic) bond motifs is 1. The lowest BCUT2D eigenvalue weighted by Gasteiger charge is -2.24. The lowest BCUT2D eigenvalue weighted by Crippen LogP contribution is -2.29. The van der Waals surface area contributed by atoms with Gasteiger partial charge in [-0.3, -0.25) is 14.3 Å². The van der Waals surface area contributed by atoms with E-state index in [2.05, 4.69) is 21.7 Å². The second-order valence-corrected chi connectivity index (χ2v) is 8.75. The van der Waals surface area contributed by atoms with Gasteiger partial charge in [0.2, 0.25) is 5.95 Å². The van der Waals surface area contributed by atoms with Crippen LogP contribution in [0.5, 0.6) is 0 Å². The number of benzene rings is 1. The summed E-state index contributed by atoms with van der Waals surface area (Å²) in [7, 11) is 3.97. The number of rotatable bonds is 4. The minimum Gasteiger partial charge on any atom is -0.348 e. The van der Waals surface area contributed by atoms with Crippen LogP contribution in [0.3, 0.4) is 0 Å². The number of nitrogens with zero attached hydrogens (tertiary/aromatic N) is 5. The third kappa shape index (κ3) is 3.15. The highest BCUT2D eigenvalue weighted by molar-refractivity contribution is 7.20. The van der Waals surface area contributed by atoms with Crippen molar-refractivity contribution in [2.75, 3.05) is 25.5 Å². The number of hydrogen-bond donors (Lipinski definition) is 0. The van der Waals surface area contributed by atoms with Gasteiger partial charge in [0.05, 0.1) is 10.9 Å². The Labute approximate surface area is 179 Å². The fourth-order valence-corrected chi connectivity index (χ4v) is 5.23. The first kappa shape index (κ1) is 18.8. The Morgan fingerprint density at radius 3 is 2.63 bits per heavy atom. The first-order valence-electron chi connectivity index (χ1n) is 10.1. The van der Waals surface area contributed by atoms with Gasteiger partial charge in [-0.15, -0.1) is 11.3 Å². The molecule has 0 bridgehead atoms. The van der Waals surface area contributed by atoms with Crippen molar-refractivity contribution in [3.8, 4) is 5.69 Å². The second-order valence-electron chi connectivity index (χ2n) is 7.72. The van der Waals surface area contributed by atoms with Crippen LogP contribution in [-0.2, 0) is 0 Å². The van der Waals surface area contributed by atoms with Gasteiger partial charge in [0, 0.05) is 38.7 Å². The van der Waals surface area contributed by atoms with Crippen LogP contribution in [0.1, 0.15) is 34.1 Å². The summed E-state index contributed by atoms with van der Waals surface area (Å²) in [4.78, 5) is 28.1. The Balaban J connectivity index is 1.54. The Morgan fingerprint density at radius 1 is 1.13 bits per heavy atom. The van der Waals surface area contributed by atoms with E-state index in [0.717, 1.165) is 51.8 Å². The SMILES string of the molecule is CN(C)c1nc2cc(C(=O)N3CCC[C@H]3c3ccncc3)sc2n1-c1ccccc1. The molecular formula is C23H23N5OS. The number of para-hydroxylation sites is 1. The van der Waals surface area contributed by atoms with E-state index in [0.29, 0.717) is 0 Å². The summed E-state index contributed by atoms with van der Waals surface area (Å²) >= 11 is 1.52. The van der Waals surface area contributed by atoms with Crippen LogP contribution in [0.15, 0.2) is 60.9 Å². The highest BCUT2D eigenvalue weighted by Crippen LogP contribution is 2.37. The number of pyridine rings is 1. The van der Waals surface area contributed by atoms with E-state index < -0.39 is 0 Å². The van der Waals surface area contributed by atoms with Crippen LogP contribution in [0.2, 0.25) is 0 Å². The van der Waals surface area contributed by atoms with Gasteiger partial charge in [-0.25, -0.2) is 4.98 Å². The molecule has 1 atom stereocenters. The van der Waals surface area contributed by atoms with Crippen LogP contribution in [0.4, 0.5) is 5.95 Å². The Bertz CT molecular complexity index is 1180. The van der Waals surface area contributed by atoms with Crippen molar-refractivity contribution in [2.24, 2.45) is 0 Å². The summed E-state index contributed by atoms with van der Waals surface area (Å²) in [6.45, 7) is 0.781. The lowest BCUT2D eigenvalue weighted by molar-refractivity contribution is 0.0740. The van der Waals surface area contributed by atoms with Gasteiger partial charge < -0.3 is 9.80 Å². The molecule has 3 aromatic heterocycles. The molecule has 0 saturated carbocycles. The van der Waals surface area contributed by atoms with E-state index in [4.69, 9.17) is 4.98 Å². The standard InChI is InChI=1S/C23H23N5OS/c1-26(2)23-25-18-15-20(30-22(18)28(23)17-7-4-3-5-8-17)21(29)27-14-6-9-19(27)16-10-12-24-13-11-16/h3-5,7-8,10-13,15,19H,6,9,14H2,1-2H3/t19-/m0/s1. The first-order valence-corrected chi connectivity index (χ1v) is 10.9. The number of likely N-dealkylation sites (tertiary alicyclic amines) is 1. The number of thiophene rings is 1. The minimum atomic E-state index is 0.0864. The molecule has 30 heavy (non-hydrogen) atoms. The zero-order valence-electron chi connectivity index (χ0n) is 17.0. The number of carbonyl (C=O) groups is 1. The topological polar surface area (TPSA) is 54.3 Å². The van der Waals surface area contributed by atoms with Crippen molar-refractivity contribution < 1.29 is 4.79 Å². The molecule has 152 valence electrons. The molecule has 1 saturated heterocycles. The molecule has 7 heteroatoms. The molecular weight excluding hydrogens is 394 g/mol. The second kappa shape index (κ2) is 7.57. The summed E-state index contributed by atoms with van der Waals surface area (Å²) in [5.41, 5.74) is 3.05. The van der Waals surface area contributed by atoms with Gasteiger partial charge in [0.1, 0.15) is 10.3 Å². The van der Waals surface area contributed by atoms with E-state index in [1.54, 1.807) is 12.4 Å². The molecule has 6 nitrogen and oxygen atoms in total. The monoisotopic (exact) mass is 417 g/mol. The van der Waals surface area contributed by atoms with Crippen LogP contribution < -0.4 is 4.90 Å². The maximum absolute atomic E-state index is 13.4. The number of carbonyl (C=O) groups excluding carboxylic acids is 1. The average Bonchev–Trinajstić information content (AvgIpc) is 3.48. The number of hydrogen-bond acceptors (Lipinski definition) is 5. The van der Waals surface area contributed by atoms with Gasteiger partial charge in [-0.2, -0.15) is 0 Å². The van der Waals surface area contributed by atoms with Gasteiger partial charge in [-0.1, -0.05) is 18.2 Å². The number of amides is 1. The maximum atomic E-state index is 13.4. The van der Waals surface area contributed by atoms with Crippen LogP contribution in [-0.4, -0.2) is 46.0 Å². The van der Waals surface area contributed by atoms with Crippen molar-refractivity contribution in [3.63, 3.8) is 0 Å². The van der Waals surface area contributed by atoms with Crippen molar-refractivity contribution >= 4 is 33.5 Å². The fourth-order valence-electron chi connectivity index (χ4n) is 4.16. The summed E-state index contributed by atoms with van der Waals surface area (Å²) in [5, 5.41) is 0. The zero-order valence-corrected chi connectivity index (χ0v) is 17.8. The molecule has 0 N–H and O–H groups in total. The average molecular weight is 418 g/mol. The molecule has 1 aliphatic rings. The first-order chi connectivity index (χ1) is 14.6. The highest BCUT2D eigenvalue weighted by atomic mass is 32.1. The molecule has 1 fully saturated rings. The minimum absolute atomic E-state index is 0.0864. The predicted octanol–water partition coefficient (Wildman–Crippen LogP) is 4.53. The van der Waals surface area contributed by atoms with Gasteiger partial charge in [-0.05, 0) is 48.7 Å². The summed E-state index contributed by atoms with van der Waals surface area (Å²) < 4.78 is 2.13. The van der Waals surface area contributed by atoms with E-state index >= 15 is 0 Å². The Hall–Kier alpha value is -3.19. The van der Waals surface area contributed by atoms with Crippen molar-refractivity contribution in [3.05, 3.63) is 71.4 Å². The fraction of sp³-hybridized carbons (Fsp3) is 0.261. The molecule has 1 aromatic carbocycles. The van der Waals surface area contributed by atoms with Gasteiger partial charge in [0.15, 0.2) is 0 Å². The van der Waals surface area contributed by atoms with E-state index in [1.165, 1.54) is 11.3 Å². The molecule has 4 heterocycles. The summed E-state index contributed by atoms with van der Waals surface area (Å²) in [6, 6.07) is 16.2. The Kier molecular flexibility index (Phi) is 4.75. The molecule has 0 radical (unpaired) electrons. The number of imidazole rings is 1. The van der Waals surface area contributed by atoms with E-state index in [1.807, 2.05) is 60.3 Å². The van der Waals surface area contributed by atoms with E-state index in [9.17, 15) is 4.79 Å². The lowest BCUT2D eigenvalue weighted by atomic mass is 10.1. The maximum Gasteiger partial charge on any atom is 0.264 e. The predicted molar refractivity (Wildman–Crippen MR) is 121 cm³/mol. The molecule has 5 rings (SSSR count). The molecule has 4 aromatic rings. The largest absolute Gasteiger partial charge is 0.348 e. The van der Waals surface area contributed by atoms with Crippen molar-refractivity contribution in [2.45, 2.75) is 18.9 Å². The number of aromatic nitrogens is 3. The molecule has 0 unspecified atom stereocenters.